The monoisotopic (exact) mass is 316 g/mol. The van der Waals surface area contributed by atoms with Gasteiger partial charge in [-0.05, 0) is 37.6 Å². The van der Waals surface area contributed by atoms with Gasteiger partial charge in [0, 0.05) is 22.7 Å². The Morgan fingerprint density at radius 3 is 2.64 bits per heavy atom. The highest BCUT2D eigenvalue weighted by Crippen LogP contribution is 2.18. The maximum absolute atomic E-state index is 12.8. The van der Waals surface area contributed by atoms with Crippen LogP contribution in [0.2, 0.25) is 0 Å². The Morgan fingerprint density at radius 1 is 1.27 bits per heavy atom. The van der Waals surface area contributed by atoms with E-state index in [2.05, 4.69) is 26.6 Å². The highest BCUT2D eigenvalue weighted by atomic mass is 32.2. The van der Waals surface area contributed by atoms with Crippen molar-refractivity contribution in [2.24, 2.45) is 10.1 Å². The number of aromatic amines is 1. The molecule has 0 fully saturated rings. The number of rotatable bonds is 3. The molecule has 0 amide bonds. The standard InChI is InChI=1S/C16H17FN4S/c1-10-7-14(11(2)19-10)15-9-22-16(21-20-15)18-8-12-3-5-13(17)6-4-12/h3-7,19H,8-9H2,1-2H3,(H,18,21). The Balaban J connectivity index is 1.66. The number of halogens is 1. The lowest BCUT2D eigenvalue weighted by Crippen LogP contribution is -2.25. The fourth-order valence-electron chi connectivity index (χ4n) is 2.31. The number of benzene rings is 1. The molecule has 0 saturated carbocycles. The minimum atomic E-state index is -0.229. The van der Waals surface area contributed by atoms with Crippen LogP contribution in [0.1, 0.15) is 22.5 Å². The molecule has 1 aliphatic rings. The number of amidine groups is 1. The van der Waals surface area contributed by atoms with Crippen LogP contribution in [-0.4, -0.2) is 21.6 Å². The Bertz CT molecular complexity index is 731. The minimum Gasteiger partial charge on any atom is -0.362 e. The second kappa shape index (κ2) is 6.36. The van der Waals surface area contributed by atoms with Gasteiger partial charge >= 0.3 is 0 Å². The maximum atomic E-state index is 12.8. The van der Waals surface area contributed by atoms with E-state index in [1.54, 1.807) is 23.9 Å². The number of thioether (sulfide) groups is 1. The molecule has 0 atom stereocenters. The molecule has 0 aliphatic carbocycles. The minimum absolute atomic E-state index is 0.229. The van der Waals surface area contributed by atoms with Gasteiger partial charge in [-0.1, -0.05) is 23.9 Å². The van der Waals surface area contributed by atoms with Gasteiger partial charge in [0.2, 0.25) is 0 Å². The molecule has 1 aromatic heterocycles. The summed E-state index contributed by atoms with van der Waals surface area (Å²) in [6, 6.07) is 8.49. The number of aromatic nitrogens is 1. The first-order valence-electron chi connectivity index (χ1n) is 7.02. The number of nitrogens with one attached hydrogen (secondary N) is 2. The van der Waals surface area contributed by atoms with E-state index in [-0.39, 0.29) is 5.82 Å². The SMILES string of the molecule is Cc1cc(C2=NNC(=NCc3ccc(F)cc3)SC2)c(C)[nH]1. The van der Waals surface area contributed by atoms with Crippen LogP contribution in [0.25, 0.3) is 0 Å². The molecule has 1 aromatic carbocycles. The topological polar surface area (TPSA) is 52.5 Å². The number of hydrazone groups is 1. The summed E-state index contributed by atoms with van der Waals surface area (Å²) in [6.07, 6.45) is 0. The van der Waals surface area contributed by atoms with E-state index in [4.69, 9.17) is 0 Å². The van der Waals surface area contributed by atoms with E-state index in [9.17, 15) is 4.39 Å². The van der Waals surface area contributed by atoms with Gasteiger partial charge < -0.3 is 4.98 Å². The molecule has 0 bridgehead atoms. The molecule has 1 aliphatic heterocycles. The Kier molecular flexibility index (Phi) is 4.29. The third-order valence-corrected chi connectivity index (χ3v) is 4.32. The predicted octanol–water partition coefficient (Wildman–Crippen LogP) is 3.37. The van der Waals surface area contributed by atoms with Crippen molar-refractivity contribution in [3.8, 4) is 0 Å². The zero-order valence-electron chi connectivity index (χ0n) is 12.5. The zero-order valence-corrected chi connectivity index (χ0v) is 13.3. The molecular weight excluding hydrogens is 299 g/mol. The van der Waals surface area contributed by atoms with E-state index in [0.29, 0.717) is 6.54 Å². The Morgan fingerprint density at radius 2 is 2.05 bits per heavy atom. The van der Waals surface area contributed by atoms with Gasteiger partial charge in [0.25, 0.3) is 0 Å². The Hall–Kier alpha value is -2.08. The molecule has 22 heavy (non-hydrogen) atoms. The van der Waals surface area contributed by atoms with Crippen LogP contribution in [-0.2, 0) is 6.54 Å². The molecule has 0 saturated heterocycles. The average Bonchev–Trinajstić information content (AvgIpc) is 2.86. The van der Waals surface area contributed by atoms with Crippen molar-refractivity contribution in [2.45, 2.75) is 20.4 Å². The van der Waals surface area contributed by atoms with Gasteiger partial charge in [-0.2, -0.15) is 5.10 Å². The van der Waals surface area contributed by atoms with Crippen LogP contribution >= 0.6 is 11.8 Å². The lowest BCUT2D eigenvalue weighted by molar-refractivity contribution is 0.627. The predicted molar refractivity (Wildman–Crippen MR) is 89.9 cm³/mol. The summed E-state index contributed by atoms with van der Waals surface area (Å²) < 4.78 is 12.8. The van der Waals surface area contributed by atoms with Crippen molar-refractivity contribution in [1.29, 1.82) is 0 Å². The van der Waals surface area contributed by atoms with E-state index in [1.807, 2.05) is 13.8 Å². The fourth-order valence-corrected chi connectivity index (χ4v) is 3.07. The summed E-state index contributed by atoms with van der Waals surface area (Å²) in [5.41, 5.74) is 8.41. The second-order valence-electron chi connectivity index (χ2n) is 5.20. The van der Waals surface area contributed by atoms with Gasteiger partial charge in [-0.15, -0.1) is 0 Å². The first-order chi connectivity index (χ1) is 10.6. The van der Waals surface area contributed by atoms with Crippen LogP contribution < -0.4 is 5.43 Å². The first kappa shape index (κ1) is 14.8. The molecule has 4 nitrogen and oxygen atoms in total. The molecule has 6 heteroatoms. The van der Waals surface area contributed by atoms with E-state index >= 15 is 0 Å². The number of hydrogen-bond acceptors (Lipinski definition) is 3. The molecule has 0 spiro atoms. The third-order valence-electron chi connectivity index (χ3n) is 3.41. The molecule has 0 unspecified atom stereocenters. The smallest absolute Gasteiger partial charge is 0.177 e. The highest BCUT2D eigenvalue weighted by Gasteiger charge is 2.15. The van der Waals surface area contributed by atoms with Gasteiger partial charge in [0.05, 0.1) is 12.3 Å². The summed E-state index contributed by atoms with van der Waals surface area (Å²) in [5.74, 6) is 0.556. The summed E-state index contributed by atoms with van der Waals surface area (Å²) in [5, 5.41) is 5.21. The summed E-state index contributed by atoms with van der Waals surface area (Å²) in [7, 11) is 0. The van der Waals surface area contributed by atoms with Crippen molar-refractivity contribution >= 4 is 22.6 Å². The van der Waals surface area contributed by atoms with Crippen molar-refractivity contribution in [2.75, 3.05) is 5.75 Å². The van der Waals surface area contributed by atoms with Crippen LogP contribution in [0.15, 0.2) is 40.4 Å². The summed E-state index contributed by atoms with van der Waals surface area (Å²) in [4.78, 5) is 7.76. The molecule has 2 aromatic rings. The maximum Gasteiger partial charge on any atom is 0.177 e. The summed E-state index contributed by atoms with van der Waals surface area (Å²) in [6.45, 7) is 4.60. The third kappa shape index (κ3) is 3.39. The molecule has 0 radical (unpaired) electrons. The first-order valence-corrected chi connectivity index (χ1v) is 8.01. The molecule has 114 valence electrons. The number of H-pyrrole nitrogens is 1. The van der Waals surface area contributed by atoms with Gasteiger partial charge in [0.1, 0.15) is 5.82 Å². The molecule has 2 heterocycles. The highest BCUT2D eigenvalue weighted by molar-refractivity contribution is 8.14. The van der Waals surface area contributed by atoms with Crippen molar-refractivity contribution < 1.29 is 4.39 Å². The lowest BCUT2D eigenvalue weighted by atomic mass is 10.1. The van der Waals surface area contributed by atoms with E-state index in [0.717, 1.165) is 39.1 Å². The van der Waals surface area contributed by atoms with Crippen LogP contribution in [0.4, 0.5) is 4.39 Å². The van der Waals surface area contributed by atoms with Crippen LogP contribution in [0.3, 0.4) is 0 Å². The van der Waals surface area contributed by atoms with Gasteiger partial charge in [0.15, 0.2) is 5.17 Å². The number of nitrogens with zero attached hydrogens (tertiary/aromatic N) is 2. The van der Waals surface area contributed by atoms with Gasteiger partial charge in [-0.25, -0.2) is 4.39 Å². The quantitative estimate of drug-likeness (QED) is 0.912. The van der Waals surface area contributed by atoms with Crippen molar-refractivity contribution in [1.82, 2.24) is 10.4 Å². The lowest BCUT2D eigenvalue weighted by Gasteiger charge is -2.14. The average molecular weight is 316 g/mol. The van der Waals surface area contributed by atoms with Gasteiger partial charge in [-0.3, -0.25) is 10.4 Å². The van der Waals surface area contributed by atoms with Crippen molar-refractivity contribution in [3.63, 3.8) is 0 Å². The zero-order chi connectivity index (χ0) is 15.5. The normalized spacial score (nSPS) is 16.5. The van der Waals surface area contributed by atoms with E-state index in [1.165, 1.54) is 12.1 Å². The summed E-state index contributed by atoms with van der Waals surface area (Å²) >= 11 is 1.63. The molecule has 2 N–H and O–H groups in total. The Labute approximate surface area is 132 Å². The number of aliphatic imine (C=N–C) groups is 1. The second-order valence-corrected chi connectivity index (χ2v) is 6.16. The number of aryl methyl sites for hydroxylation is 2. The fraction of sp³-hybridized carbons (Fsp3) is 0.250. The molecule has 3 rings (SSSR count). The molecular formula is C16H17FN4S. The van der Waals surface area contributed by atoms with E-state index < -0.39 is 0 Å². The largest absolute Gasteiger partial charge is 0.362 e. The van der Waals surface area contributed by atoms with Crippen LogP contribution in [0, 0.1) is 19.7 Å². The van der Waals surface area contributed by atoms with Crippen LogP contribution in [0.5, 0.6) is 0 Å². The number of hydrogen-bond donors (Lipinski definition) is 2. The van der Waals surface area contributed by atoms with Crippen molar-refractivity contribution in [3.05, 3.63) is 58.7 Å².